The molecule has 5 heteroatoms. The van der Waals surface area contributed by atoms with Crippen LogP contribution >= 0.6 is 0 Å². The van der Waals surface area contributed by atoms with Crippen LogP contribution in [0.4, 0.5) is 0 Å². The van der Waals surface area contributed by atoms with Crippen molar-refractivity contribution in [1.29, 1.82) is 0 Å². The SMILES string of the molecule is COCC(C)(NCC1CCCOC1)C(=O)O. The van der Waals surface area contributed by atoms with Crippen molar-refractivity contribution < 1.29 is 19.4 Å². The molecule has 16 heavy (non-hydrogen) atoms. The second kappa shape index (κ2) is 6.18. The number of ether oxygens (including phenoxy) is 2. The van der Waals surface area contributed by atoms with E-state index in [0.29, 0.717) is 12.5 Å². The molecule has 0 spiro atoms. The molecule has 2 atom stereocenters. The topological polar surface area (TPSA) is 67.8 Å². The van der Waals surface area contributed by atoms with Crippen molar-refractivity contribution in [2.75, 3.05) is 33.5 Å². The summed E-state index contributed by atoms with van der Waals surface area (Å²) >= 11 is 0. The number of carbonyl (C=O) groups is 1. The van der Waals surface area contributed by atoms with Crippen LogP contribution in [0, 0.1) is 5.92 Å². The Hall–Kier alpha value is -0.650. The van der Waals surface area contributed by atoms with Crippen LogP contribution in [0.3, 0.4) is 0 Å². The van der Waals surface area contributed by atoms with E-state index in [4.69, 9.17) is 14.6 Å². The molecule has 2 N–H and O–H groups in total. The second-order valence-electron chi connectivity index (χ2n) is 4.53. The molecule has 5 nitrogen and oxygen atoms in total. The van der Waals surface area contributed by atoms with E-state index in [1.54, 1.807) is 6.92 Å². The summed E-state index contributed by atoms with van der Waals surface area (Å²) in [5.74, 6) is -0.477. The van der Waals surface area contributed by atoms with Crippen LogP contribution in [0.15, 0.2) is 0 Å². The van der Waals surface area contributed by atoms with Crippen LogP contribution in [-0.2, 0) is 14.3 Å². The van der Waals surface area contributed by atoms with Crippen molar-refractivity contribution in [2.24, 2.45) is 5.92 Å². The average molecular weight is 231 g/mol. The first kappa shape index (κ1) is 13.4. The number of methoxy groups -OCH3 is 1. The van der Waals surface area contributed by atoms with Crippen LogP contribution in [0.25, 0.3) is 0 Å². The third kappa shape index (κ3) is 3.73. The van der Waals surface area contributed by atoms with E-state index in [1.807, 2.05) is 0 Å². The summed E-state index contributed by atoms with van der Waals surface area (Å²) in [6.45, 7) is 4.00. The average Bonchev–Trinajstić information content (AvgIpc) is 2.28. The minimum absolute atomic E-state index is 0.163. The molecule has 0 radical (unpaired) electrons. The van der Waals surface area contributed by atoms with Crippen LogP contribution in [-0.4, -0.2) is 50.1 Å². The number of rotatable bonds is 6. The highest BCUT2D eigenvalue weighted by atomic mass is 16.5. The van der Waals surface area contributed by atoms with E-state index in [2.05, 4.69) is 5.32 Å². The van der Waals surface area contributed by atoms with Gasteiger partial charge in [-0.25, -0.2) is 0 Å². The first-order valence-electron chi connectivity index (χ1n) is 5.63. The van der Waals surface area contributed by atoms with Gasteiger partial charge >= 0.3 is 5.97 Å². The van der Waals surface area contributed by atoms with Gasteiger partial charge in [0.15, 0.2) is 0 Å². The lowest BCUT2D eigenvalue weighted by atomic mass is 9.99. The van der Waals surface area contributed by atoms with E-state index < -0.39 is 11.5 Å². The van der Waals surface area contributed by atoms with Gasteiger partial charge in [-0.2, -0.15) is 0 Å². The van der Waals surface area contributed by atoms with Gasteiger partial charge in [0, 0.05) is 20.3 Å². The number of carboxylic acid groups (broad SMARTS) is 1. The Morgan fingerprint density at radius 3 is 2.94 bits per heavy atom. The molecule has 1 heterocycles. The Labute approximate surface area is 96.1 Å². The first-order valence-corrected chi connectivity index (χ1v) is 5.63. The Bertz CT molecular complexity index is 228. The Balaban J connectivity index is 2.39. The van der Waals surface area contributed by atoms with Gasteiger partial charge in [-0.15, -0.1) is 0 Å². The third-order valence-corrected chi connectivity index (χ3v) is 2.94. The van der Waals surface area contributed by atoms with Gasteiger partial charge in [-0.3, -0.25) is 10.1 Å². The molecule has 0 aliphatic carbocycles. The van der Waals surface area contributed by atoms with Crippen LogP contribution in [0.1, 0.15) is 19.8 Å². The molecule has 0 aromatic rings. The molecule has 1 aliphatic rings. The zero-order valence-corrected chi connectivity index (χ0v) is 9.99. The van der Waals surface area contributed by atoms with Crippen molar-refractivity contribution in [3.05, 3.63) is 0 Å². The molecule has 0 amide bonds. The van der Waals surface area contributed by atoms with Crippen molar-refractivity contribution in [1.82, 2.24) is 5.32 Å². The van der Waals surface area contributed by atoms with E-state index >= 15 is 0 Å². The molecule has 0 aromatic heterocycles. The van der Waals surface area contributed by atoms with E-state index in [0.717, 1.165) is 26.1 Å². The minimum atomic E-state index is -1.01. The van der Waals surface area contributed by atoms with E-state index in [1.165, 1.54) is 7.11 Å². The minimum Gasteiger partial charge on any atom is -0.480 e. The summed E-state index contributed by atoms with van der Waals surface area (Å²) in [5.41, 5.74) is -1.01. The quantitative estimate of drug-likeness (QED) is 0.696. The lowest BCUT2D eigenvalue weighted by Gasteiger charge is -2.29. The normalized spacial score (nSPS) is 25.0. The van der Waals surface area contributed by atoms with Crippen LogP contribution in [0.2, 0.25) is 0 Å². The summed E-state index contributed by atoms with van der Waals surface area (Å²) in [5, 5.41) is 12.2. The maximum Gasteiger partial charge on any atom is 0.326 e. The van der Waals surface area contributed by atoms with Crippen molar-refractivity contribution in [2.45, 2.75) is 25.3 Å². The summed E-state index contributed by atoms with van der Waals surface area (Å²) in [6.07, 6.45) is 2.15. The van der Waals surface area contributed by atoms with Gasteiger partial charge in [0.1, 0.15) is 5.54 Å². The molecule has 0 bridgehead atoms. The molecule has 1 saturated heterocycles. The number of carboxylic acids is 1. The number of hydrogen-bond acceptors (Lipinski definition) is 4. The summed E-state index contributed by atoms with van der Waals surface area (Å²) in [4.78, 5) is 11.1. The molecule has 1 fully saturated rings. The van der Waals surface area contributed by atoms with Gasteiger partial charge < -0.3 is 14.6 Å². The second-order valence-corrected chi connectivity index (χ2v) is 4.53. The van der Waals surface area contributed by atoms with Crippen molar-refractivity contribution in [3.8, 4) is 0 Å². The summed E-state index contributed by atoms with van der Waals surface area (Å²) < 4.78 is 10.3. The van der Waals surface area contributed by atoms with Crippen molar-refractivity contribution >= 4 is 5.97 Å². The molecule has 94 valence electrons. The van der Waals surface area contributed by atoms with Gasteiger partial charge in [0.2, 0.25) is 0 Å². The smallest absolute Gasteiger partial charge is 0.326 e. The Kier molecular flexibility index (Phi) is 5.18. The summed E-state index contributed by atoms with van der Waals surface area (Å²) in [6, 6.07) is 0. The first-order chi connectivity index (χ1) is 7.58. The number of hydrogen-bond donors (Lipinski definition) is 2. The lowest BCUT2D eigenvalue weighted by molar-refractivity contribution is -0.146. The van der Waals surface area contributed by atoms with Gasteiger partial charge in [0.25, 0.3) is 0 Å². The molecule has 0 aromatic carbocycles. The zero-order chi connectivity index (χ0) is 12.0. The fourth-order valence-corrected chi connectivity index (χ4v) is 1.82. The lowest BCUT2D eigenvalue weighted by Crippen LogP contribution is -2.54. The van der Waals surface area contributed by atoms with Crippen LogP contribution in [0.5, 0.6) is 0 Å². The van der Waals surface area contributed by atoms with Gasteiger partial charge in [-0.1, -0.05) is 0 Å². The van der Waals surface area contributed by atoms with Gasteiger partial charge in [-0.05, 0) is 25.7 Å². The monoisotopic (exact) mass is 231 g/mol. The highest BCUT2D eigenvalue weighted by molar-refractivity contribution is 5.78. The molecular weight excluding hydrogens is 210 g/mol. The highest BCUT2D eigenvalue weighted by Gasteiger charge is 2.33. The predicted octanol–water partition coefficient (Wildman–Crippen LogP) is 0.492. The number of aliphatic carboxylic acids is 1. The third-order valence-electron chi connectivity index (χ3n) is 2.94. The summed E-state index contributed by atoms with van der Waals surface area (Å²) in [7, 11) is 1.51. The van der Waals surface area contributed by atoms with E-state index in [9.17, 15) is 4.79 Å². The largest absolute Gasteiger partial charge is 0.480 e. The molecular formula is C11H21NO4. The Morgan fingerprint density at radius 2 is 2.44 bits per heavy atom. The molecule has 1 rings (SSSR count). The fourth-order valence-electron chi connectivity index (χ4n) is 1.82. The molecule has 2 unspecified atom stereocenters. The van der Waals surface area contributed by atoms with Crippen LogP contribution < -0.4 is 5.32 Å². The molecule has 1 aliphatic heterocycles. The van der Waals surface area contributed by atoms with Crippen molar-refractivity contribution in [3.63, 3.8) is 0 Å². The maximum atomic E-state index is 11.1. The standard InChI is InChI=1S/C11H21NO4/c1-11(8-15-2,10(13)14)12-6-9-4-3-5-16-7-9/h9,12H,3-8H2,1-2H3,(H,13,14). The highest BCUT2D eigenvalue weighted by Crippen LogP contribution is 2.14. The predicted molar refractivity (Wildman–Crippen MR) is 59.5 cm³/mol. The fraction of sp³-hybridized carbons (Fsp3) is 0.909. The zero-order valence-electron chi connectivity index (χ0n) is 9.99. The maximum absolute atomic E-state index is 11.1. The van der Waals surface area contributed by atoms with E-state index in [-0.39, 0.29) is 6.61 Å². The number of nitrogens with one attached hydrogen (secondary N) is 1. The van der Waals surface area contributed by atoms with Gasteiger partial charge in [0.05, 0.1) is 13.2 Å². The Morgan fingerprint density at radius 1 is 1.69 bits per heavy atom. The molecule has 0 saturated carbocycles.